The Labute approximate surface area is 94.4 Å². The van der Waals surface area contributed by atoms with Crippen molar-refractivity contribution in [2.75, 3.05) is 13.2 Å². The molecule has 1 aromatic heterocycles. The standard InChI is InChI=1S/C11H16N2O3/c1-2-5-16-11-3-4-13(15)7-9(11)6-10(12)8-14/h3-4,7,12,14H,2,5-6,8H2,1H3. The van der Waals surface area contributed by atoms with Crippen LogP contribution in [-0.4, -0.2) is 24.0 Å². The van der Waals surface area contributed by atoms with E-state index in [4.69, 9.17) is 15.3 Å². The second-order valence-corrected chi connectivity index (χ2v) is 3.48. The molecule has 0 fully saturated rings. The summed E-state index contributed by atoms with van der Waals surface area (Å²) in [6.07, 6.45) is 3.84. The van der Waals surface area contributed by atoms with Crippen LogP contribution < -0.4 is 9.47 Å². The SMILES string of the molecule is CCCOc1cc[n+]([O-])cc1CC(=N)CO. The highest BCUT2D eigenvalue weighted by molar-refractivity contribution is 5.84. The van der Waals surface area contributed by atoms with E-state index in [1.165, 1.54) is 12.4 Å². The smallest absolute Gasteiger partial charge is 0.187 e. The molecule has 0 aliphatic heterocycles. The van der Waals surface area contributed by atoms with E-state index in [0.29, 0.717) is 22.7 Å². The monoisotopic (exact) mass is 224 g/mol. The lowest BCUT2D eigenvalue weighted by molar-refractivity contribution is -0.605. The highest BCUT2D eigenvalue weighted by Crippen LogP contribution is 2.17. The maximum atomic E-state index is 11.1. The molecule has 0 spiro atoms. The quantitative estimate of drug-likeness (QED) is 0.423. The number of nitrogens with one attached hydrogen (secondary N) is 1. The molecule has 0 aromatic carbocycles. The fourth-order valence-electron chi connectivity index (χ4n) is 1.28. The van der Waals surface area contributed by atoms with Crippen LogP contribution in [0.3, 0.4) is 0 Å². The van der Waals surface area contributed by atoms with Crippen molar-refractivity contribution in [3.8, 4) is 5.75 Å². The van der Waals surface area contributed by atoms with Crippen LogP contribution in [0.2, 0.25) is 0 Å². The summed E-state index contributed by atoms with van der Waals surface area (Å²) in [4.78, 5) is 0. The molecule has 2 N–H and O–H groups in total. The molecular formula is C11H16N2O3. The summed E-state index contributed by atoms with van der Waals surface area (Å²) in [6.45, 7) is 2.26. The third kappa shape index (κ3) is 3.51. The lowest BCUT2D eigenvalue weighted by atomic mass is 10.1. The Balaban J connectivity index is 2.84. The van der Waals surface area contributed by atoms with Gasteiger partial charge in [0.1, 0.15) is 5.75 Å². The number of hydrogen-bond acceptors (Lipinski definition) is 4. The van der Waals surface area contributed by atoms with Crippen molar-refractivity contribution >= 4 is 5.71 Å². The number of aromatic nitrogens is 1. The van der Waals surface area contributed by atoms with Crippen molar-refractivity contribution in [1.82, 2.24) is 0 Å². The highest BCUT2D eigenvalue weighted by Gasteiger charge is 2.10. The van der Waals surface area contributed by atoms with E-state index in [2.05, 4.69) is 0 Å². The Hall–Kier alpha value is -1.62. The first kappa shape index (κ1) is 12.4. The van der Waals surface area contributed by atoms with Crippen LogP contribution in [0.4, 0.5) is 0 Å². The first-order valence-corrected chi connectivity index (χ1v) is 5.19. The molecule has 1 aromatic rings. The van der Waals surface area contributed by atoms with Crippen molar-refractivity contribution in [2.24, 2.45) is 0 Å². The maximum absolute atomic E-state index is 11.1. The molecule has 1 heterocycles. The van der Waals surface area contributed by atoms with Gasteiger partial charge >= 0.3 is 0 Å². The number of hydrogen-bond donors (Lipinski definition) is 2. The largest absolute Gasteiger partial charge is 0.619 e. The van der Waals surface area contributed by atoms with Gasteiger partial charge in [-0.1, -0.05) is 6.92 Å². The predicted octanol–water partition coefficient (Wildman–Crippen LogP) is 0.663. The zero-order chi connectivity index (χ0) is 12.0. The van der Waals surface area contributed by atoms with Gasteiger partial charge in [-0.3, -0.25) is 0 Å². The van der Waals surface area contributed by atoms with Crippen LogP contribution in [0.25, 0.3) is 0 Å². The molecule has 1 rings (SSSR count). The summed E-state index contributed by atoms with van der Waals surface area (Å²) < 4.78 is 6.12. The Morgan fingerprint density at radius 2 is 2.38 bits per heavy atom. The third-order valence-corrected chi connectivity index (χ3v) is 2.03. The van der Waals surface area contributed by atoms with Crippen LogP contribution in [-0.2, 0) is 6.42 Å². The number of aliphatic hydroxyl groups excluding tert-OH is 1. The van der Waals surface area contributed by atoms with Gasteiger partial charge in [0, 0.05) is 18.2 Å². The van der Waals surface area contributed by atoms with Gasteiger partial charge in [-0.15, -0.1) is 0 Å². The fraction of sp³-hybridized carbons (Fsp3) is 0.455. The minimum absolute atomic E-state index is 0.160. The summed E-state index contributed by atoms with van der Waals surface area (Å²) in [5.74, 6) is 0.604. The van der Waals surface area contributed by atoms with Gasteiger partial charge in [-0.2, -0.15) is 4.73 Å². The Morgan fingerprint density at radius 3 is 3.00 bits per heavy atom. The summed E-state index contributed by atoms with van der Waals surface area (Å²) >= 11 is 0. The van der Waals surface area contributed by atoms with Gasteiger partial charge in [-0.25, -0.2) is 0 Å². The fourth-order valence-corrected chi connectivity index (χ4v) is 1.28. The maximum Gasteiger partial charge on any atom is 0.187 e. The highest BCUT2D eigenvalue weighted by atomic mass is 16.5. The van der Waals surface area contributed by atoms with Crippen LogP contribution in [0.1, 0.15) is 18.9 Å². The predicted molar refractivity (Wildman–Crippen MR) is 59.7 cm³/mol. The molecule has 16 heavy (non-hydrogen) atoms. The van der Waals surface area contributed by atoms with Crippen LogP contribution in [0, 0.1) is 10.6 Å². The number of ether oxygens (including phenoxy) is 1. The van der Waals surface area contributed by atoms with Crippen molar-refractivity contribution in [2.45, 2.75) is 19.8 Å². The van der Waals surface area contributed by atoms with Gasteiger partial charge in [0.15, 0.2) is 12.4 Å². The number of rotatable bonds is 6. The topological polar surface area (TPSA) is 80.2 Å². The molecule has 5 nitrogen and oxygen atoms in total. The van der Waals surface area contributed by atoms with E-state index in [9.17, 15) is 5.21 Å². The van der Waals surface area contributed by atoms with Crippen LogP contribution in [0.15, 0.2) is 18.5 Å². The first-order valence-electron chi connectivity index (χ1n) is 5.19. The number of aliphatic hydroxyl groups is 1. The molecule has 0 saturated carbocycles. The first-order chi connectivity index (χ1) is 7.67. The van der Waals surface area contributed by atoms with E-state index < -0.39 is 0 Å². The molecule has 0 saturated heterocycles. The summed E-state index contributed by atoms with van der Waals surface area (Å²) in [7, 11) is 0. The molecule has 0 bridgehead atoms. The van der Waals surface area contributed by atoms with Gasteiger partial charge in [-0.05, 0) is 6.42 Å². The lowest BCUT2D eigenvalue weighted by Gasteiger charge is -2.10. The average Bonchev–Trinajstić information content (AvgIpc) is 2.28. The van der Waals surface area contributed by atoms with Crippen molar-refractivity contribution in [3.05, 3.63) is 29.2 Å². The summed E-state index contributed by atoms with van der Waals surface area (Å²) in [6, 6.07) is 1.59. The third-order valence-electron chi connectivity index (χ3n) is 2.03. The van der Waals surface area contributed by atoms with Crippen molar-refractivity contribution < 1.29 is 14.6 Å². The molecule has 0 unspecified atom stereocenters. The van der Waals surface area contributed by atoms with E-state index in [-0.39, 0.29) is 18.7 Å². The second kappa shape index (κ2) is 6.07. The zero-order valence-corrected chi connectivity index (χ0v) is 9.27. The number of pyridine rings is 1. The van der Waals surface area contributed by atoms with E-state index in [0.717, 1.165) is 6.42 Å². The molecule has 5 heteroatoms. The molecule has 0 aliphatic rings. The van der Waals surface area contributed by atoms with Gasteiger partial charge in [0.05, 0.1) is 18.8 Å². The average molecular weight is 224 g/mol. The van der Waals surface area contributed by atoms with E-state index >= 15 is 0 Å². The molecule has 0 amide bonds. The molecule has 0 atom stereocenters. The Bertz CT molecular complexity index is 366. The molecule has 88 valence electrons. The molecule has 0 aliphatic carbocycles. The summed E-state index contributed by atoms with van der Waals surface area (Å²) in [5, 5.41) is 27.3. The normalized spacial score (nSPS) is 10.1. The van der Waals surface area contributed by atoms with Crippen molar-refractivity contribution in [3.63, 3.8) is 0 Å². The van der Waals surface area contributed by atoms with Crippen molar-refractivity contribution in [1.29, 1.82) is 5.41 Å². The minimum atomic E-state index is -0.305. The van der Waals surface area contributed by atoms with E-state index in [1.54, 1.807) is 6.07 Å². The van der Waals surface area contributed by atoms with Gasteiger partial charge in [0.25, 0.3) is 0 Å². The minimum Gasteiger partial charge on any atom is -0.619 e. The Kier molecular flexibility index (Phi) is 4.72. The van der Waals surface area contributed by atoms with Crippen LogP contribution >= 0.6 is 0 Å². The lowest BCUT2D eigenvalue weighted by Crippen LogP contribution is -2.26. The van der Waals surface area contributed by atoms with Gasteiger partial charge < -0.3 is 20.5 Å². The summed E-state index contributed by atoms with van der Waals surface area (Å²) in [5.41, 5.74) is 0.789. The molecule has 0 radical (unpaired) electrons. The van der Waals surface area contributed by atoms with E-state index in [1.807, 2.05) is 6.92 Å². The second-order valence-electron chi connectivity index (χ2n) is 3.48. The van der Waals surface area contributed by atoms with Gasteiger partial charge in [0.2, 0.25) is 0 Å². The zero-order valence-electron chi connectivity index (χ0n) is 9.27. The number of nitrogens with zero attached hydrogens (tertiary/aromatic N) is 1. The Morgan fingerprint density at radius 1 is 1.62 bits per heavy atom. The molecular weight excluding hydrogens is 208 g/mol. The van der Waals surface area contributed by atoms with Crippen LogP contribution in [0.5, 0.6) is 5.75 Å².